The van der Waals surface area contributed by atoms with Gasteiger partial charge in [0, 0.05) is 35.5 Å². The molecular formula is C24H19FN4O3. The van der Waals surface area contributed by atoms with Gasteiger partial charge in [0.1, 0.15) is 23.1 Å². The van der Waals surface area contributed by atoms with E-state index in [1.165, 1.54) is 18.2 Å². The molecule has 0 radical (unpaired) electrons. The van der Waals surface area contributed by atoms with E-state index >= 15 is 0 Å². The van der Waals surface area contributed by atoms with E-state index in [4.69, 9.17) is 15.2 Å². The first-order valence-corrected chi connectivity index (χ1v) is 10.5. The Balaban J connectivity index is 1.61. The maximum absolute atomic E-state index is 14.2. The highest BCUT2D eigenvalue weighted by Crippen LogP contribution is 2.51. The minimum atomic E-state index is -1.50. The fourth-order valence-electron chi connectivity index (χ4n) is 5.05. The maximum Gasteiger partial charge on any atom is 0.244 e. The molecule has 1 atom stereocenters. The first kappa shape index (κ1) is 18.8. The van der Waals surface area contributed by atoms with Crippen LogP contribution < -0.4 is 20.5 Å². The molecular weight excluding hydrogens is 411 g/mol. The van der Waals surface area contributed by atoms with Crippen molar-refractivity contribution in [2.75, 3.05) is 25.1 Å². The average Bonchev–Trinajstić information content (AvgIpc) is 2.93. The quantitative estimate of drug-likeness (QED) is 0.667. The molecule has 4 heterocycles. The second-order valence-electron chi connectivity index (χ2n) is 8.26. The summed E-state index contributed by atoms with van der Waals surface area (Å²) in [5.74, 6) is 0.625. The van der Waals surface area contributed by atoms with Gasteiger partial charge in [-0.25, -0.2) is 4.39 Å². The predicted octanol–water partition coefficient (Wildman–Crippen LogP) is 2.78. The number of halogens is 1. The number of carbonyl (C=O) groups excluding carboxylic acids is 1. The van der Waals surface area contributed by atoms with Crippen LogP contribution in [0.3, 0.4) is 0 Å². The van der Waals surface area contributed by atoms with Crippen molar-refractivity contribution in [3.63, 3.8) is 0 Å². The molecule has 6 rings (SSSR count). The number of nitrogens with one attached hydrogen (secondary N) is 1. The molecule has 0 aromatic heterocycles. The number of nitrogens with zero attached hydrogens (tertiary/aromatic N) is 2. The van der Waals surface area contributed by atoms with Crippen LogP contribution in [0.25, 0.3) is 5.70 Å². The Morgan fingerprint density at radius 1 is 1.19 bits per heavy atom. The molecule has 160 valence electrons. The van der Waals surface area contributed by atoms with E-state index in [0.717, 1.165) is 17.5 Å². The number of fused-ring (bicyclic) bond motifs is 6. The molecule has 0 fully saturated rings. The van der Waals surface area contributed by atoms with Gasteiger partial charge in [-0.1, -0.05) is 0 Å². The van der Waals surface area contributed by atoms with E-state index in [-0.39, 0.29) is 11.4 Å². The average molecular weight is 430 g/mol. The number of carbonyl (C=O) groups is 1. The Morgan fingerprint density at radius 2 is 1.97 bits per heavy atom. The van der Waals surface area contributed by atoms with Gasteiger partial charge in [0.25, 0.3) is 0 Å². The van der Waals surface area contributed by atoms with Crippen LogP contribution in [0.4, 0.5) is 10.1 Å². The summed E-state index contributed by atoms with van der Waals surface area (Å²) in [6.07, 6.45) is 3.22. The lowest BCUT2D eigenvalue weighted by molar-refractivity contribution is -0.118. The fraction of sp³-hybridized carbons (Fsp3) is 0.250. The number of amides is 1. The largest absolute Gasteiger partial charge is 0.490 e. The van der Waals surface area contributed by atoms with Crippen LogP contribution in [-0.2, 0) is 16.6 Å². The molecule has 2 aromatic rings. The van der Waals surface area contributed by atoms with Crippen LogP contribution >= 0.6 is 0 Å². The zero-order valence-corrected chi connectivity index (χ0v) is 17.1. The van der Waals surface area contributed by atoms with E-state index < -0.39 is 17.1 Å². The highest BCUT2D eigenvalue weighted by atomic mass is 19.1. The number of hydrogen-bond acceptors (Lipinski definition) is 6. The number of anilines is 1. The van der Waals surface area contributed by atoms with Gasteiger partial charge in [-0.2, -0.15) is 5.26 Å². The van der Waals surface area contributed by atoms with Gasteiger partial charge in [-0.05, 0) is 48.4 Å². The van der Waals surface area contributed by atoms with Gasteiger partial charge >= 0.3 is 0 Å². The lowest BCUT2D eigenvalue weighted by atomic mass is 9.71. The summed E-state index contributed by atoms with van der Waals surface area (Å²) in [5.41, 5.74) is 8.54. The summed E-state index contributed by atoms with van der Waals surface area (Å²) in [6, 6.07) is 10.1. The van der Waals surface area contributed by atoms with Crippen molar-refractivity contribution in [1.82, 2.24) is 4.90 Å². The first-order valence-electron chi connectivity index (χ1n) is 10.5. The van der Waals surface area contributed by atoms with Gasteiger partial charge < -0.3 is 25.4 Å². The molecule has 0 saturated heterocycles. The third-order valence-electron chi connectivity index (χ3n) is 6.56. The molecule has 32 heavy (non-hydrogen) atoms. The van der Waals surface area contributed by atoms with Crippen LogP contribution in [-0.4, -0.2) is 30.6 Å². The van der Waals surface area contributed by atoms with Crippen LogP contribution in [0.2, 0.25) is 0 Å². The monoisotopic (exact) mass is 430 g/mol. The zero-order valence-electron chi connectivity index (χ0n) is 17.1. The van der Waals surface area contributed by atoms with Crippen LogP contribution in [0.1, 0.15) is 23.1 Å². The van der Waals surface area contributed by atoms with Gasteiger partial charge in [-0.15, -0.1) is 0 Å². The van der Waals surface area contributed by atoms with Gasteiger partial charge in [0.2, 0.25) is 5.91 Å². The summed E-state index contributed by atoms with van der Waals surface area (Å²) >= 11 is 0. The molecule has 0 aliphatic carbocycles. The number of benzene rings is 2. The molecule has 3 N–H and O–H groups in total. The van der Waals surface area contributed by atoms with E-state index in [0.29, 0.717) is 54.6 Å². The van der Waals surface area contributed by atoms with E-state index in [1.54, 1.807) is 6.08 Å². The Morgan fingerprint density at radius 3 is 2.75 bits per heavy atom. The highest BCUT2D eigenvalue weighted by Gasteiger charge is 2.53. The minimum absolute atomic E-state index is 0.0980. The number of nitrogens with two attached hydrogens (primary N) is 1. The standard InChI is InChI=1S/C24H19FN4O3/c25-14-2-3-18-16(9-14)24(23(30)28-18)11-19-15-10-21-20(31-6-1-7-32-21)8-13(15)4-5-29(19)22(27)17(24)12-26/h2-3,8-11H,1,4-7,27H2,(H,28,30)/t24-/m1/s1. The molecule has 0 bridgehead atoms. The summed E-state index contributed by atoms with van der Waals surface area (Å²) < 4.78 is 25.9. The Hall–Kier alpha value is -3.99. The third-order valence-corrected chi connectivity index (χ3v) is 6.56. The zero-order chi connectivity index (χ0) is 22.0. The summed E-state index contributed by atoms with van der Waals surface area (Å²) in [4.78, 5) is 15.2. The second-order valence-corrected chi connectivity index (χ2v) is 8.26. The van der Waals surface area contributed by atoms with Crippen molar-refractivity contribution in [2.45, 2.75) is 18.3 Å². The lowest BCUT2D eigenvalue weighted by Crippen LogP contribution is -2.45. The smallest absolute Gasteiger partial charge is 0.244 e. The van der Waals surface area contributed by atoms with Gasteiger partial charge in [0.15, 0.2) is 11.5 Å². The van der Waals surface area contributed by atoms with Crippen LogP contribution in [0, 0.1) is 17.1 Å². The topological polar surface area (TPSA) is 101 Å². The van der Waals surface area contributed by atoms with E-state index in [9.17, 15) is 14.4 Å². The summed E-state index contributed by atoms with van der Waals surface area (Å²) in [6.45, 7) is 1.69. The molecule has 0 unspecified atom stereocenters. The van der Waals surface area contributed by atoms with Crippen molar-refractivity contribution in [2.24, 2.45) is 5.73 Å². The van der Waals surface area contributed by atoms with Crippen molar-refractivity contribution in [1.29, 1.82) is 5.26 Å². The third kappa shape index (κ3) is 2.36. The van der Waals surface area contributed by atoms with Crippen molar-refractivity contribution in [3.05, 3.63) is 70.3 Å². The van der Waals surface area contributed by atoms with E-state index in [2.05, 4.69) is 11.4 Å². The molecule has 4 aliphatic rings. The Labute approximate surface area is 183 Å². The van der Waals surface area contributed by atoms with Gasteiger partial charge in [-0.3, -0.25) is 4.79 Å². The molecule has 1 amide bonds. The van der Waals surface area contributed by atoms with Crippen LogP contribution in [0.5, 0.6) is 11.5 Å². The number of hydrogen-bond donors (Lipinski definition) is 2. The predicted molar refractivity (Wildman–Crippen MR) is 114 cm³/mol. The molecule has 8 heteroatoms. The number of nitriles is 1. The molecule has 0 saturated carbocycles. The summed E-state index contributed by atoms with van der Waals surface area (Å²) in [7, 11) is 0. The Bertz CT molecular complexity index is 1310. The summed E-state index contributed by atoms with van der Waals surface area (Å²) in [5, 5.41) is 12.8. The second kappa shape index (κ2) is 6.50. The van der Waals surface area contributed by atoms with Crippen molar-refractivity contribution >= 4 is 17.3 Å². The number of rotatable bonds is 0. The first-order chi connectivity index (χ1) is 15.5. The van der Waals surface area contributed by atoms with Crippen LogP contribution in [0.15, 0.2) is 47.8 Å². The molecule has 4 aliphatic heterocycles. The number of ether oxygens (including phenoxy) is 2. The molecule has 1 spiro atoms. The minimum Gasteiger partial charge on any atom is -0.490 e. The molecule has 2 aromatic carbocycles. The van der Waals surface area contributed by atoms with Gasteiger partial charge in [0.05, 0.1) is 18.8 Å². The highest BCUT2D eigenvalue weighted by molar-refractivity contribution is 6.12. The Kier molecular flexibility index (Phi) is 3.81. The maximum atomic E-state index is 14.2. The van der Waals surface area contributed by atoms with Crippen molar-refractivity contribution < 1.29 is 18.7 Å². The fourth-order valence-corrected chi connectivity index (χ4v) is 5.05. The van der Waals surface area contributed by atoms with E-state index in [1.807, 2.05) is 17.0 Å². The SMILES string of the molecule is N#CC1=C(N)N2CCc3cc4c(cc3C2=C[C@]12C(=O)Nc1ccc(F)cc12)OCCCO4. The lowest BCUT2D eigenvalue weighted by Gasteiger charge is -2.41. The molecule has 7 nitrogen and oxygen atoms in total. The normalized spacial score (nSPS) is 22.9. The van der Waals surface area contributed by atoms with Crippen molar-refractivity contribution in [3.8, 4) is 17.6 Å².